The Bertz CT molecular complexity index is 760. The number of carbonyl (C=O) groups is 1. The van der Waals surface area contributed by atoms with Crippen LogP contribution in [0.4, 0.5) is 0 Å². The van der Waals surface area contributed by atoms with Crippen molar-refractivity contribution in [1.82, 2.24) is 19.8 Å². The molecule has 1 saturated heterocycles. The fourth-order valence-corrected chi connectivity index (χ4v) is 3.96. The molecule has 0 saturated carbocycles. The van der Waals surface area contributed by atoms with E-state index in [2.05, 4.69) is 10.2 Å². The average molecular weight is 386 g/mol. The monoisotopic (exact) mass is 385 g/mol. The van der Waals surface area contributed by atoms with E-state index in [1.54, 1.807) is 18.2 Å². The highest BCUT2D eigenvalue weighted by Crippen LogP contribution is 2.31. The van der Waals surface area contributed by atoms with E-state index in [-0.39, 0.29) is 11.2 Å². The summed E-state index contributed by atoms with van der Waals surface area (Å²) in [7, 11) is 0. The molecule has 0 radical (unpaired) electrons. The second-order valence-electron chi connectivity index (χ2n) is 5.59. The number of rotatable bonds is 4. The number of hydrogen-bond acceptors (Lipinski definition) is 5. The van der Waals surface area contributed by atoms with Crippen LogP contribution in [0.2, 0.25) is 10.0 Å². The Morgan fingerprint density at radius 3 is 2.67 bits per heavy atom. The maximum atomic E-state index is 12.4. The lowest BCUT2D eigenvalue weighted by Gasteiger charge is -2.19. The van der Waals surface area contributed by atoms with Gasteiger partial charge in [-0.15, -0.1) is 10.2 Å². The van der Waals surface area contributed by atoms with Gasteiger partial charge in [0, 0.05) is 23.7 Å². The molecule has 24 heavy (non-hydrogen) atoms. The third kappa shape index (κ3) is 3.48. The van der Waals surface area contributed by atoms with Crippen molar-refractivity contribution in [2.45, 2.75) is 30.2 Å². The molecular weight excluding hydrogens is 369 g/mol. The Hall–Kier alpha value is -1.44. The summed E-state index contributed by atoms with van der Waals surface area (Å²) in [6, 6.07) is 5.08. The number of carbonyl (C=O) groups excluding carboxylic acids is 1. The molecule has 9 heteroatoms. The van der Waals surface area contributed by atoms with Gasteiger partial charge in [-0.3, -0.25) is 4.79 Å². The summed E-state index contributed by atoms with van der Waals surface area (Å²) in [4.78, 5) is 14.3. The van der Waals surface area contributed by atoms with Crippen LogP contribution in [-0.2, 0) is 4.79 Å². The fourth-order valence-electron chi connectivity index (χ4n) is 2.62. The molecule has 1 unspecified atom stereocenters. The van der Waals surface area contributed by atoms with E-state index in [4.69, 9.17) is 29.0 Å². The minimum atomic E-state index is -0.275. The Morgan fingerprint density at radius 1 is 1.29 bits per heavy atom. The quantitative estimate of drug-likeness (QED) is 0.646. The molecule has 1 aliphatic rings. The molecule has 0 aliphatic carbocycles. The van der Waals surface area contributed by atoms with Gasteiger partial charge in [-0.1, -0.05) is 35.0 Å². The van der Waals surface area contributed by atoms with Crippen molar-refractivity contribution in [3.8, 4) is 11.4 Å². The van der Waals surface area contributed by atoms with E-state index >= 15 is 0 Å². The van der Waals surface area contributed by atoms with Crippen molar-refractivity contribution in [3.63, 3.8) is 0 Å². The van der Waals surface area contributed by atoms with Crippen molar-refractivity contribution in [2.24, 2.45) is 0 Å². The van der Waals surface area contributed by atoms with Crippen LogP contribution < -0.4 is 5.84 Å². The van der Waals surface area contributed by atoms with Crippen molar-refractivity contribution in [3.05, 3.63) is 28.2 Å². The lowest BCUT2D eigenvalue weighted by molar-refractivity contribution is -0.129. The molecule has 3 rings (SSSR count). The van der Waals surface area contributed by atoms with Gasteiger partial charge in [0.2, 0.25) is 11.1 Å². The summed E-state index contributed by atoms with van der Waals surface area (Å²) >= 11 is 13.4. The molecule has 1 aromatic carbocycles. The number of nitrogens with zero attached hydrogens (tertiary/aromatic N) is 4. The van der Waals surface area contributed by atoms with Gasteiger partial charge in [0.25, 0.3) is 0 Å². The largest absolute Gasteiger partial charge is 0.342 e. The zero-order valence-corrected chi connectivity index (χ0v) is 15.4. The summed E-state index contributed by atoms with van der Waals surface area (Å²) in [5, 5.41) is 9.37. The van der Waals surface area contributed by atoms with E-state index in [0.29, 0.717) is 26.6 Å². The third-order valence-corrected chi connectivity index (χ3v) is 5.48. The number of hydrogen-bond donors (Lipinski definition) is 1. The van der Waals surface area contributed by atoms with Gasteiger partial charge in [-0.25, -0.2) is 4.68 Å². The number of thioether (sulfide) groups is 1. The summed E-state index contributed by atoms with van der Waals surface area (Å²) in [5.41, 5.74) is 0.640. The number of benzene rings is 1. The number of amides is 1. The normalized spacial score (nSPS) is 15.7. The van der Waals surface area contributed by atoms with Crippen LogP contribution >= 0.6 is 35.0 Å². The first-order valence-corrected chi connectivity index (χ1v) is 9.22. The predicted molar refractivity (Wildman–Crippen MR) is 96.8 cm³/mol. The topological polar surface area (TPSA) is 77.0 Å². The first-order valence-electron chi connectivity index (χ1n) is 7.58. The van der Waals surface area contributed by atoms with E-state index in [9.17, 15) is 4.79 Å². The zero-order chi connectivity index (χ0) is 17.3. The molecule has 128 valence electrons. The van der Waals surface area contributed by atoms with Crippen LogP contribution in [0.15, 0.2) is 23.4 Å². The van der Waals surface area contributed by atoms with Crippen LogP contribution in [0, 0.1) is 0 Å². The Morgan fingerprint density at radius 2 is 2.00 bits per heavy atom. The second-order valence-corrected chi connectivity index (χ2v) is 7.74. The molecule has 0 spiro atoms. The number of nitrogen functional groups attached to an aromatic ring is 1. The van der Waals surface area contributed by atoms with E-state index in [0.717, 1.165) is 25.9 Å². The first kappa shape index (κ1) is 17.4. The minimum absolute atomic E-state index is 0.103. The zero-order valence-electron chi connectivity index (χ0n) is 13.1. The standard InChI is InChI=1S/C15H17Cl2N5OS/c1-9(14(23)21-6-2-3-7-21)24-15-20-19-13(22(15)18)11-5-4-10(16)8-12(11)17/h4-5,8-9H,2-3,6-7,18H2,1H3. The second kappa shape index (κ2) is 7.21. The van der Waals surface area contributed by atoms with Crippen LogP contribution in [0.1, 0.15) is 19.8 Å². The lowest BCUT2D eigenvalue weighted by Crippen LogP contribution is -2.34. The van der Waals surface area contributed by atoms with Gasteiger partial charge < -0.3 is 10.7 Å². The van der Waals surface area contributed by atoms with E-state index in [1.165, 1.54) is 16.4 Å². The maximum absolute atomic E-state index is 12.4. The molecule has 1 fully saturated rings. The van der Waals surface area contributed by atoms with Gasteiger partial charge in [0.15, 0.2) is 5.82 Å². The molecule has 1 aliphatic heterocycles. The van der Waals surface area contributed by atoms with Crippen molar-refractivity contribution in [2.75, 3.05) is 18.9 Å². The minimum Gasteiger partial charge on any atom is -0.342 e. The van der Waals surface area contributed by atoms with Crippen molar-refractivity contribution >= 4 is 40.9 Å². The Labute approximate surface area is 154 Å². The molecular formula is C15H17Cl2N5OS. The smallest absolute Gasteiger partial charge is 0.235 e. The Kier molecular flexibility index (Phi) is 5.22. The molecule has 2 heterocycles. The van der Waals surface area contributed by atoms with E-state index < -0.39 is 0 Å². The van der Waals surface area contributed by atoms with Crippen LogP contribution in [0.25, 0.3) is 11.4 Å². The van der Waals surface area contributed by atoms with Crippen molar-refractivity contribution in [1.29, 1.82) is 0 Å². The molecule has 6 nitrogen and oxygen atoms in total. The van der Waals surface area contributed by atoms with Crippen LogP contribution in [-0.4, -0.2) is 44.0 Å². The highest BCUT2D eigenvalue weighted by Gasteiger charge is 2.26. The number of aromatic nitrogens is 3. The van der Waals surface area contributed by atoms with Gasteiger partial charge in [-0.05, 0) is 38.0 Å². The molecule has 1 aromatic heterocycles. The Balaban J connectivity index is 1.78. The number of halogens is 2. The van der Waals surface area contributed by atoms with Crippen LogP contribution in [0.3, 0.4) is 0 Å². The SMILES string of the molecule is CC(Sc1nnc(-c2ccc(Cl)cc2Cl)n1N)C(=O)N1CCCC1. The highest BCUT2D eigenvalue weighted by atomic mass is 35.5. The fraction of sp³-hybridized carbons (Fsp3) is 0.400. The van der Waals surface area contributed by atoms with Gasteiger partial charge in [0.1, 0.15) is 0 Å². The summed E-state index contributed by atoms with van der Waals surface area (Å²) < 4.78 is 1.35. The predicted octanol–water partition coefficient (Wildman–Crippen LogP) is 3.07. The molecule has 2 N–H and O–H groups in total. The van der Waals surface area contributed by atoms with Crippen LogP contribution in [0.5, 0.6) is 0 Å². The highest BCUT2D eigenvalue weighted by molar-refractivity contribution is 8.00. The lowest BCUT2D eigenvalue weighted by atomic mass is 10.2. The van der Waals surface area contributed by atoms with Gasteiger partial charge in [0.05, 0.1) is 10.3 Å². The number of likely N-dealkylation sites (tertiary alicyclic amines) is 1. The first-order chi connectivity index (χ1) is 11.5. The maximum Gasteiger partial charge on any atom is 0.235 e. The van der Waals surface area contributed by atoms with Crippen molar-refractivity contribution < 1.29 is 4.79 Å². The summed E-state index contributed by atoms with van der Waals surface area (Å²) in [5.74, 6) is 6.63. The summed E-state index contributed by atoms with van der Waals surface area (Å²) in [6.07, 6.45) is 2.13. The molecule has 0 bridgehead atoms. The molecule has 1 atom stereocenters. The van der Waals surface area contributed by atoms with Gasteiger partial charge >= 0.3 is 0 Å². The summed E-state index contributed by atoms with van der Waals surface area (Å²) in [6.45, 7) is 3.50. The third-order valence-electron chi connectivity index (χ3n) is 3.88. The van der Waals surface area contributed by atoms with E-state index in [1.807, 2.05) is 11.8 Å². The molecule has 2 aromatic rings. The molecule has 1 amide bonds. The number of nitrogens with two attached hydrogens (primary N) is 1. The average Bonchev–Trinajstić information content (AvgIpc) is 3.18. The van der Waals surface area contributed by atoms with Gasteiger partial charge in [-0.2, -0.15) is 0 Å².